The number of pyridine rings is 1. The number of aromatic nitrogens is 1. The normalized spacial score (nSPS) is 9.94. The van der Waals surface area contributed by atoms with E-state index in [9.17, 15) is 9.59 Å². The van der Waals surface area contributed by atoms with E-state index in [1.165, 1.54) is 19.1 Å². The van der Waals surface area contributed by atoms with Gasteiger partial charge in [0.15, 0.2) is 5.43 Å². The Morgan fingerprint density at radius 1 is 1.24 bits per heavy atom. The summed E-state index contributed by atoms with van der Waals surface area (Å²) < 4.78 is 0. The molecule has 0 atom stereocenters. The van der Waals surface area contributed by atoms with Gasteiger partial charge in [0.1, 0.15) is 0 Å². The van der Waals surface area contributed by atoms with Gasteiger partial charge < -0.3 is 10.3 Å². The Labute approximate surface area is 98.3 Å². The molecule has 2 N–H and O–H groups in total. The fourth-order valence-electron chi connectivity index (χ4n) is 1.58. The Morgan fingerprint density at radius 3 is 2.76 bits per heavy atom. The monoisotopic (exact) mass is 228 g/mol. The molecule has 0 fully saturated rings. The van der Waals surface area contributed by atoms with E-state index in [2.05, 4.69) is 10.3 Å². The van der Waals surface area contributed by atoms with Crippen LogP contribution in [0.2, 0.25) is 0 Å². The van der Waals surface area contributed by atoms with Gasteiger partial charge >= 0.3 is 0 Å². The molecule has 1 aromatic carbocycles. The van der Waals surface area contributed by atoms with Gasteiger partial charge in [-0.2, -0.15) is 0 Å². The first-order valence-electron chi connectivity index (χ1n) is 5.22. The van der Waals surface area contributed by atoms with Crippen LogP contribution in [0.4, 0.5) is 5.69 Å². The summed E-state index contributed by atoms with van der Waals surface area (Å²) in [5.74, 6) is -0.122. The van der Waals surface area contributed by atoms with Crippen molar-refractivity contribution in [3.05, 3.63) is 52.8 Å². The Morgan fingerprint density at radius 2 is 2.06 bits per heavy atom. The molecule has 0 bridgehead atoms. The van der Waals surface area contributed by atoms with E-state index in [0.29, 0.717) is 5.69 Å². The maximum Gasteiger partial charge on any atom is 0.221 e. The number of nitrogens with one attached hydrogen (secondary N) is 2. The third-order valence-corrected chi connectivity index (χ3v) is 2.27. The fourth-order valence-corrected chi connectivity index (χ4v) is 1.58. The molecule has 1 amide bonds. The van der Waals surface area contributed by atoms with E-state index in [1.807, 2.05) is 18.2 Å². The average Bonchev–Trinajstić information content (AvgIpc) is 2.28. The van der Waals surface area contributed by atoms with Gasteiger partial charge in [-0.25, -0.2) is 0 Å². The van der Waals surface area contributed by atoms with Crippen LogP contribution in [0.25, 0.3) is 11.3 Å². The highest BCUT2D eigenvalue weighted by Gasteiger charge is 2.01. The maximum absolute atomic E-state index is 11.2. The third kappa shape index (κ3) is 2.81. The summed E-state index contributed by atoms with van der Waals surface area (Å²) in [4.78, 5) is 25.2. The number of hydrogen-bond acceptors (Lipinski definition) is 2. The van der Waals surface area contributed by atoms with E-state index in [1.54, 1.807) is 12.3 Å². The molecule has 1 heterocycles. The van der Waals surface area contributed by atoms with Crippen LogP contribution in [0.15, 0.2) is 47.4 Å². The molecule has 4 heteroatoms. The standard InChI is InChI=1S/C13H12N2O2/c1-9(16)15-11-4-2-3-10(7-11)13-8-12(17)5-6-14-13/h2-8H,1H3,(H,14,17)(H,15,16). The smallest absolute Gasteiger partial charge is 0.221 e. The quantitative estimate of drug-likeness (QED) is 0.825. The van der Waals surface area contributed by atoms with E-state index < -0.39 is 0 Å². The van der Waals surface area contributed by atoms with Crippen molar-refractivity contribution in [1.29, 1.82) is 0 Å². The molecule has 0 saturated heterocycles. The van der Waals surface area contributed by atoms with Gasteiger partial charge in [0.05, 0.1) is 0 Å². The first-order valence-corrected chi connectivity index (χ1v) is 5.22. The molecule has 0 saturated carbocycles. The lowest BCUT2D eigenvalue weighted by atomic mass is 10.1. The lowest BCUT2D eigenvalue weighted by Gasteiger charge is -2.05. The molecule has 0 spiro atoms. The molecule has 1 aromatic heterocycles. The number of benzene rings is 1. The fraction of sp³-hybridized carbons (Fsp3) is 0.0769. The number of amides is 1. The Kier molecular flexibility index (Phi) is 3.05. The minimum absolute atomic E-state index is 0.0521. The molecule has 0 aliphatic rings. The summed E-state index contributed by atoms with van der Waals surface area (Å²) in [5, 5.41) is 2.70. The maximum atomic E-state index is 11.2. The van der Waals surface area contributed by atoms with Crippen LogP contribution in [-0.4, -0.2) is 10.9 Å². The van der Waals surface area contributed by atoms with Crippen molar-refractivity contribution < 1.29 is 4.79 Å². The van der Waals surface area contributed by atoms with Gasteiger partial charge in [-0.1, -0.05) is 12.1 Å². The van der Waals surface area contributed by atoms with Crippen molar-refractivity contribution in [3.63, 3.8) is 0 Å². The number of carbonyl (C=O) groups is 1. The first-order chi connectivity index (χ1) is 8.15. The van der Waals surface area contributed by atoms with Crippen LogP contribution in [-0.2, 0) is 4.79 Å². The Balaban J connectivity index is 2.39. The zero-order chi connectivity index (χ0) is 12.3. The van der Waals surface area contributed by atoms with Crippen molar-refractivity contribution in [2.24, 2.45) is 0 Å². The number of aromatic amines is 1. The van der Waals surface area contributed by atoms with E-state index >= 15 is 0 Å². The zero-order valence-electron chi connectivity index (χ0n) is 9.36. The van der Waals surface area contributed by atoms with Crippen molar-refractivity contribution in [2.45, 2.75) is 6.92 Å². The minimum Gasteiger partial charge on any atom is -0.361 e. The largest absolute Gasteiger partial charge is 0.361 e. The van der Waals surface area contributed by atoms with E-state index in [4.69, 9.17) is 0 Å². The average molecular weight is 228 g/mol. The van der Waals surface area contributed by atoms with Gasteiger partial charge in [0.2, 0.25) is 5.91 Å². The molecule has 0 aliphatic heterocycles. The van der Waals surface area contributed by atoms with Crippen LogP contribution >= 0.6 is 0 Å². The van der Waals surface area contributed by atoms with Gasteiger partial charge in [0.25, 0.3) is 0 Å². The predicted molar refractivity (Wildman–Crippen MR) is 66.8 cm³/mol. The molecule has 2 rings (SSSR count). The molecular formula is C13H12N2O2. The predicted octanol–water partition coefficient (Wildman–Crippen LogP) is 2.00. The molecular weight excluding hydrogens is 216 g/mol. The highest BCUT2D eigenvalue weighted by atomic mass is 16.1. The van der Waals surface area contributed by atoms with E-state index in [-0.39, 0.29) is 11.3 Å². The molecule has 2 aromatic rings. The van der Waals surface area contributed by atoms with Gasteiger partial charge in [-0.15, -0.1) is 0 Å². The molecule has 4 nitrogen and oxygen atoms in total. The summed E-state index contributed by atoms with van der Waals surface area (Å²) in [6.45, 7) is 1.46. The number of hydrogen-bond donors (Lipinski definition) is 2. The summed E-state index contributed by atoms with van der Waals surface area (Å²) >= 11 is 0. The summed E-state index contributed by atoms with van der Waals surface area (Å²) in [6, 6.07) is 10.3. The molecule has 0 unspecified atom stereocenters. The van der Waals surface area contributed by atoms with Crippen LogP contribution < -0.4 is 10.7 Å². The van der Waals surface area contributed by atoms with Crippen molar-refractivity contribution in [2.75, 3.05) is 5.32 Å². The van der Waals surface area contributed by atoms with Crippen LogP contribution in [0.1, 0.15) is 6.92 Å². The lowest BCUT2D eigenvalue weighted by Crippen LogP contribution is -2.05. The number of anilines is 1. The van der Waals surface area contributed by atoms with Crippen LogP contribution in [0.3, 0.4) is 0 Å². The topological polar surface area (TPSA) is 62.0 Å². The number of H-pyrrole nitrogens is 1. The zero-order valence-corrected chi connectivity index (χ0v) is 9.36. The van der Waals surface area contributed by atoms with Gasteiger partial charge in [-0.3, -0.25) is 9.59 Å². The first kappa shape index (κ1) is 11.1. The van der Waals surface area contributed by atoms with Gasteiger partial charge in [-0.05, 0) is 12.1 Å². The molecule has 0 radical (unpaired) electrons. The van der Waals surface area contributed by atoms with Crippen LogP contribution in [0.5, 0.6) is 0 Å². The summed E-state index contributed by atoms with van der Waals surface area (Å²) in [6.07, 6.45) is 1.60. The van der Waals surface area contributed by atoms with Crippen LogP contribution in [0, 0.1) is 0 Å². The lowest BCUT2D eigenvalue weighted by molar-refractivity contribution is -0.114. The molecule has 17 heavy (non-hydrogen) atoms. The third-order valence-electron chi connectivity index (χ3n) is 2.27. The SMILES string of the molecule is CC(=O)Nc1cccc(-c2cc(=O)cc[nH]2)c1. The highest BCUT2D eigenvalue weighted by Crippen LogP contribution is 2.19. The summed E-state index contributed by atoms with van der Waals surface area (Å²) in [7, 11) is 0. The minimum atomic E-state index is -0.122. The number of rotatable bonds is 2. The van der Waals surface area contributed by atoms with E-state index in [0.717, 1.165) is 11.3 Å². The number of carbonyl (C=O) groups excluding carboxylic acids is 1. The second kappa shape index (κ2) is 4.65. The van der Waals surface area contributed by atoms with Crippen molar-refractivity contribution in [1.82, 2.24) is 4.98 Å². The van der Waals surface area contributed by atoms with Crippen molar-refractivity contribution in [3.8, 4) is 11.3 Å². The molecule has 86 valence electrons. The second-order valence-electron chi connectivity index (χ2n) is 3.70. The molecule has 0 aliphatic carbocycles. The Hall–Kier alpha value is -2.36. The van der Waals surface area contributed by atoms with Gasteiger partial charge in [0, 0.05) is 42.2 Å². The highest BCUT2D eigenvalue weighted by molar-refractivity contribution is 5.89. The van der Waals surface area contributed by atoms with Crippen molar-refractivity contribution >= 4 is 11.6 Å². The summed E-state index contributed by atoms with van der Waals surface area (Å²) in [5.41, 5.74) is 2.24. The Bertz CT molecular complexity index is 602. The second-order valence-corrected chi connectivity index (χ2v) is 3.70.